The number of nitrogens with zero attached hydrogens (tertiary/aromatic N) is 1. The van der Waals surface area contributed by atoms with Gasteiger partial charge in [0.1, 0.15) is 0 Å². The lowest BCUT2D eigenvalue weighted by atomic mass is 9.88. The van der Waals surface area contributed by atoms with Gasteiger partial charge in [0.15, 0.2) is 0 Å². The van der Waals surface area contributed by atoms with Crippen LogP contribution in [0.4, 0.5) is 8.78 Å². The fourth-order valence-electron chi connectivity index (χ4n) is 2.93. The van der Waals surface area contributed by atoms with E-state index < -0.39 is 6.43 Å². The highest BCUT2D eigenvalue weighted by Gasteiger charge is 2.28. The van der Waals surface area contributed by atoms with E-state index in [0.29, 0.717) is 5.92 Å². The van der Waals surface area contributed by atoms with Crippen molar-refractivity contribution in [3.05, 3.63) is 0 Å². The van der Waals surface area contributed by atoms with Crippen LogP contribution in [0.1, 0.15) is 39.5 Å². The van der Waals surface area contributed by atoms with Crippen LogP contribution in [0.15, 0.2) is 0 Å². The first-order valence-electron chi connectivity index (χ1n) is 7.47. The number of likely N-dealkylation sites (tertiary alicyclic amines) is 1. The molecule has 0 radical (unpaired) electrons. The summed E-state index contributed by atoms with van der Waals surface area (Å²) in [5.74, 6) is 0.408. The van der Waals surface area contributed by atoms with E-state index in [2.05, 4.69) is 17.1 Å². The summed E-state index contributed by atoms with van der Waals surface area (Å²) < 4.78 is 24.6. The van der Waals surface area contributed by atoms with Crippen molar-refractivity contribution in [3.63, 3.8) is 0 Å². The van der Waals surface area contributed by atoms with Gasteiger partial charge in [-0.3, -0.25) is 0 Å². The van der Waals surface area contributed by atoms with Crippen LogP contribution in [-0.4, -0.2) is 54.8 Å². The standard InChI is InChI=1S/C14H28F2N2O/c1-3-5-18-9-11(7-13(19)4-2)6-12(10-18)17-8-14(15)16/h11-14,17,19H,3-10H2,1-2H3. The molecule has 0 aromatic carbocycles. The van der Waals surface area contributed by atoms with E-state index in [1.165, 1.54) is 0 Å². The van der Waals surface area contributed by atoms with Gasteiger partial charge in [0.2, 0.25) is 0 Å². The van der Waals surface area contributed by atoms with Crippen molar-refractivity contribution in [2.75, 3.05) is 26.2 Å². The average molecular weight is 278 g/mol. The molecule has 0 aromatic rings. The molecule has 3 atom stereocenters. The zero-order chi connectivity index (χ0) is 14.3. The van der Waals surface area contributed by atoms with Crippen LogP contribution in [0.3, 0.4) is 0 Å². The first-order valence-corrected chi connectivity index (χ1v) is 7.47. The third-order valence-electron chi connectivity index (χ3n) is 3.79. The number of piperidine rings is 1. The minimum Gasteiger partial charge on any atom is -0.393 e. The molecule has 0 aromatic heterocycles. The third-order valence-corrected chi connectivity index (χ3v) is 3.79. The summed E-state index contributed by atoms with van der Waals surface area (Å²) in [6.07, 6.45) is 0.959. The predicted molar refractivity (Wildman–Crippen MR) is 73.5 cm³/mol. The molecular formula is C14H28F2N2O. The molecule has 1 aliphatic rings. The minimum absolute atomic E-state index is 0.128. The molecule has 3 unspecified atom stereocenters. The molecule has 2 N–H and O–H groups in total. The molecule has 1 saturated heterocycles. The Morgan fingerprint density at radius 2 is 2.05 bits per heavy atom. The summed E-state index contributed by atoms with van der Waals surface area (Å²) in [7, 11) is 0. The van der Waals surface area contributed by atoms with Crippen LogP contribution < -0.4 is 5.32 Å². The third kappa shape index (κ3) is 6.63. The van der Waals surface area contributed by atoms with Gasteiger partial charge in [0.25, 0.3) is 6.43 Å². The van der Waals surface area contributed by atoms with Crippen molar-refractivity contribution in [2.45, 2.75) is 58.1 Å². The Hall–Kier alpha value is -0.260. The van der Waals surface area contributed by atoms with Crippen molar-refractivity contribution in [1.82, 2.24) is 10.2 Å². The molecule has 1 rings (SSSR count). The molecule has 0 amide bonds. The van der Waals surface area contributed by atoms with E-state index >= 15 is 0 Å². The Kier molecular flexibility index (Phi) is 7.80. The lowest BCUT2D eigenvalue weighted by Gasteiger charge is -2.38. The summed E-state index contributed by atoms with van der Waals surface area (Å²) in [5.41, 5.74) is 0. The number of aliphatic hydroxyl groups excluding tert-OH is 1. The van der Waals surface area contributed by atoms with Gasteiger partial charge in [-0.25, -0.2) is 8.78 Å². The minimum atomic E-state index is -2.29. The quantitative estimate of drug-likeness (QED) is 0.714. The topological polar surface area (TPSA) is 35.5 Å². The molecule has 1 fully saturated rings. The van der Waals surface area contributed by atoms with Gasteiger partial charge >= 0.3 is 0 Å². The lowest BCUT2D eigenvalue weighted by Crippen LogP contribution is -2.50. The zero-order valence-corrected chi connectivity index (χ0v) is 12.1. The van der Waals surface area contributed by atoms with E-state index in [4.69, 9.17) is 0 Å². The normalized spacial score (nSPS) is 26.8. The van der Waals surface area contributed by atoms with Crippen LogP contribution in [0.25, 0.3) is 0 Å². The monoisotopic (exact) mass is 278 g/mol. The summed E-state index contributed by atoms with van der Waals surface area (Å²) in [4.78, 5) is 2.33. The lowest BCUT2D eigenvalue weighted by molar-refractivity contribution is 0.0756. The Morgan fingerprint density at radius 3 is 2.63 bits per heavy atom. The summed E-state index contributed by atoms with van der Waals surface area (Å²) in [5, 5.41) is 12.7. The summed E-state index contributed by atoms with van der Waals surface area (Å²) in [6, 6.07) is 0.128. The molecule has 0 saturated carbocycles. The number of alkyl halides is 2. The van der Waals surface area contributed by atoms with Crippen LogP contribution in [0.5, 0.6) is 0 Å². The van der Waals surface area contributed by atoms with E-state index in [0.717, 1.165) is 45.3 Å². The molecule has 1 aliphatic heterocycles. The van der Waals surface area contributed by atoms with Gasteiger partial charge in [-0.05, 0) is 38.1 Å². The molecule has 19 heavy (non-hydrogen) atoms. The molecule has 5 heteroatoms. The summed E-state index contributed by atoms with van der Waals surface area (Å²) >= 11 is 0. The van der Waals surface area contributed by atoms with Gasteiger partial charge < -0.3 is 15.3 Å². The molecule has 1 heterocycles. The number of aliphatic hydroxyl groups is 1. The molecule has 0 spiro atoms. The number of hydrogen-bond donors (Lipinski definition) is 2. The first-order chi connectivity index (χ1) is 9.05. The second-order valence-electron chi connectivity index (χ2n) is 5.66. The Morgan fingerprint density at radius 1 is 1.32 bits per heavy atom. The Bertz CT molecular complexity index is 241. The largest absolute Gasteiger partial charge is 0.393 e. The van der Waals surface area contributed by atoms with E-state index in [1.54, 1.807) is 0 Å². The van der Waals surface area contributed by atoms with Crippen molar-refractivity contribution >= 4 is 0 Å². The zero-order valence-electron chi connectivity index (χ0n) is 12.1. The van der Waals surface area contributed by atoms with Crippen LogP contribution in [-0.2, 0) is 0 Å². The van der Waals surface area contributed by atoms with E-state index in [-0.39, 0.29) is 18.7 Å². The van der Waals surface area contributed by atoms with Gasteiger partial charge in [-0.15, -0.1) is 0 Å². The second kappa shape index (κ2) is 8.82. The van der Waals surface area contributed by atoms with Crippen LogP contribution in [0, 0.1) is 5.92 Å². The number of nitrogens with one attached hydrogen (secondary N) is 1. The van der Waals surface area contributed by atoms with Gasteiger partial charge in [-0.2, -0.15) is 0 Å². The predicted octanol–water partition coefficient (Wildman–Crippen LogP) is 2.10. The molecule has 114 valence electrons. The maximum Gasteiger partial charge on any atom is 0.250 e. The highest BCUT2D eigenvalue weighted by Crippen LogP contribution is 2.22. The SMILES string of the molecule is CCCN1CC(CC(O)CC)CC(NCC(F)F)C1. The Balaban J connectivity index is 2.47. The van der Waals surface area contributed by atoms with Gasteiger partial charge in [0, 0.05) is 19.1 Å². The smallest absolute Gasteiger partial charge is 0.250 e. The van der Waals surface area contributed by atoms with E-state index in [1.807, 2.05) is 6.92 Å². The van der Waals surface area contributed by atoms with Crippen molar-refractivity contribution < 1.29 is 13.9 Å². The number of hydrogen-bond acceptors (Lipinski definition) is 3. The van der Waals surface area contributed by atoms with Crippen molar-refractivity contribution in [1.29, 1.82) is 0 Å². The van der Waals surface area contributed by atoms with E-state index in [9.17, 15) is 13.9 Å². The number of rotatable bonds is 8. The van der Waals surface area contributed by atoms with Crippen LogP contribution in [0.2, 0.25) is 0 Å². The highest BCUT2D eigenvalue weighted by atomic mass is 19.3. The fourth-order valence-corrected chi connectivity index (χ4v) is 2.93. The van der Waals surface area contributed by atoms with Crippen molar-refractivity contribution in [2.24, 2.45) is 5.92 Å². The first kappa shape index (κ1) is 16.8. The number of halogens is 2. The van der Waals surface area contributed by atoms with Gasteiger partial charge in [-0.1, -0.05) is 13.8 Å². The average Bonchev–Trinajstić information content (AvgIpc) is 2.36. The maximum atomic E-state index is 12.3. The van der Waals surface area contributed by atoms with Crippen molar-refractivity contribution in [3.8, 4) is 0 Å². The molecule has 0 aliphatic carbocycles. The maximum absolute atomic E-state index is 12.3. The highest BCUT2D eigenvalue weighted by molar-refractivity contribution is 4.84. The molecule has 3 nitrogen and oxygen atoms in total. The molecular weight excluding hydrogens is 250 g/mol. The van der Waals surface area contributed by atoms with Gasteiger partial charge in [0.05, 0.1) is 12.6 Å². The Labute approximate surface area is 115 Å². The van der Waals surface area contributed by atoms with Crippen LogP contribution >= 0.6 is 0 Å². The fraction of sp³-hybridized carbons (Fsp3) is 1.00. The molecule has 0 bridgehead atoms. The summed E-state index contributed by atoms with van der Waals surface area (Å²) in [6.45, 7) is 6.71. The second-order valence-corrected chi connectivity index (χ2v) is 5.66.